The van der Waals surface area contributed by atoms with E-state index in [0.29, 0.717) is 11.8 Å². The summed E-state index contributed by atoms with van der Waals surface area (Å²) in [5.74, 6) is 1.29. The van der Waals surface area contributed by atoms with Gasteiger partial charge in [-0.25, -0.2) is 0 Å². The van der Waals surface area contributed by atoms with Gasteiger partial charge in [-0.2, -0.15) is 0 Å². The van der Waals surface area contributed by atoms with Crippen LogP contribution in [0, 0.1) is 11.8 Å². The lowest BCUT2D eigenvalue weighted by Crippen LogP contribution is -3.12. The number of nitrogens with one attached hydrogen (secondary N) is 1. The van der Waals surface area contributed by atoms with Gasteiger partial charge in [-0.1, -0.05) is 54.1 Å². The van der Waals surface area contributed by atoms with Crippen LogP contribution in [0.15, 0.2) is 54.6 Å². The van der Waals surface area contributed by atoms with E-state index in [0.717, 1.165) is 69.9 Å². The lowest BCUT2D eigenvalue weighted by Gasteiger charge is -2.36. The lowest BCUT2D eigenvalue weighted by molar-refractivity contribution is -0.921. The average molecular weight is 412 g/mol. The lowest BCUT2D eigenvalue weighted by atomic mass is 9.89. The van der Waals surface area contributed by atoms with Gasteiger partial charge in [0.15, 0.2) is 0 Å². The Hall–Kier alpha value is -1.84. The molecule has 29 heavy (non-hydrogen) atoms. The first-order valence-electron chi connectivity index (χ1n) is 11.1. The molecule has 0 saturated carbocycles. The number of piperidine rings is 2. The predicted octanol–water partition coefficient (Wildman–Crippen LogP) is 3.62. The zero-order valence-corrected chi connectivity index (χ0v) is 17.9. The number of carbonyl (C=O) groups excluding carboxylic acids is 1. The summed E-state index contributed by atoms with van der Waals surface area (Å²) in [5, 5.41) is 0.796. The number of rotatable bonds is 5. The minimum atomic E-state index is 0.184. The van der Waals surface area contributed by atoms with E-state index in [1.807, 2.05) is 12.1 Å². The molecule has 2 aliphatic heterocycles. The summed E-state index contributed by atoms with van der Waals surface area (Å²) in [6, 6.07) is 18.9. The standard InChI is InChI=1S/C25H31ClN2O/c26-24-10-4-8-22(17-24)18-27-13-5-9-23(19-27)25(29)28-14-11-21(12-15-28)16-20-6-2-1-3-7-20/h1-4,6-8,10,17,21,23H,5,9,11-16,18-19H2/p+1/t23-/m1/s1. The van der Waals surface area contributed by atoms with Crippen molar-refractivity contribution in [2.75, 3.05) is 26.2 Å². The fraction of sp³-hybridized carbons (Fsp3) is 0.480. The van der Waals surface area contributed by atoms with Gasteiger partial charge in [-0.15, -0.1) is 0 Å². The molecule has 2 aliphatic rings. The maximum atomic E-state index is 13.2. The summed E-state index contributed by atoms with van der Waals surface area (Å²) in [6.45, 7) is 4.92. The molecule has 0 spiro atoms. The topological polar surface area (TPSA) is 24.8 Å². The summed E-state index contributed by atoms with van der Waals surface area (Å²) >= 11 is 6.14. The van der Waals surface area contributed by atoms with Crippen molar-refractivity contribution in [1.29, 1.82) is 0 Å². The van der Waals surface area contributed by atoms with Crippen molar-refractivity contribution in [2.24, 2.45) is 11.8 Å². The molecule has 1 amide bonds. The Labute approximate surface area is 179 Å². The number of halogens is 1. The van der Waals surface area contributed by atoms with Crippen molar-refractivity contribution < 1.29 is 9.69 Å². The van der Waals surface area contributed by atoms with Crippen LogP contribution in [0.25, 0.3) is 0 Å². The molecule has 154 valence electrons. The number of hydrogen-bond donors (Lipinski definition) is 1. The summed E-state index contributed by atoms with van der Waals surface area (Å²) in [7, 11) is 0. The molecule has 0 aromatic heterocycles. The van der Waals surface area contributed by atoms with E-state index in [4.69, 9.17) is 11.6 Å². The molecular weight excluding hydrogens is 380 g/mol. The van der Waals surface area contributed by atoms with Gasteiger partial charge in [0.05, 0.1) is 19.0 Å². The molecule has 0 bridgehead atoms. The monoisotopic (exact) mass is 411 g/mol. The van der Waals surface area contributed by atoms with Crippen LogP contribution in [0.4, 0.5) is 0 Å². The SMILES string of the molecule is O=C([C@@H]1CCC[NH+](Cc2cccc(Cl)c2)C1)N1CCC(Cc2ccccc2)CC1. The largest absolute Gasteiger partial charge is 0.342 e. The first-order chi connectivity index (χ1) is 14.2. The molecule has 2 aromatic rings. The second-order valence-corrected chi connectivity index (χ2v) is 9.24. The first kappa shape index (κ1) is 20.4. The number of nitrogens with zero attached hydrogens (tertiary/aromatic N) is 1. The van der Waals surface area contributed by atoms with Gasteiger partial charge >= 0.3 is 0 Å². The molecule has 2 atom stereocenters. The second kappa shape index (κ2) is 9.77. The van der Waals surface area contributed by atoms with Crippen LogP contribution in [0.5, 0.6) is 0 Å². The van der Waals surface area contributed by atoms with E-state index >= 15 is 0 Å². The van der Waals surface area contributed by atoms with E-state index in [9.17, 15) is 4.79 Å². The van der Waals surface area contributed by atoms with E-state index in [1.54, 1.807) is 0 Å². The highest BCUT2D eigenvalue weighted by Gasteiger charge is 2.33. The summed E-state index contributed by atoms with van der Waals surface area (Å²) in [6.07, 6.45) is 5.58. The van der Waals surface area contributed by atoms with E-state index in [-0.39, 0.29) is 5.92 Å². The highest BCUT2D eigenvalue weighted by Crippen LogP contribution is 2.24. The Bertz CT molecular complexity index is 801. The molecular formula is C25H32ClN2O+. The van der Waals surface area contributed by atoms with Crippen molar-refractivity contribution in [1.82, 2.24) is 4.90 Å². The Morgan fingerprint density at radius 1 is 1.00 bits per heavy atom. The molecule has 2 fully saturated rings. The van der Waals surface area contributed by atoms with Crippen molar-refractivity contribution in [2.45, 2.75) is 38.6 Å². The zero-order chi connectivity index (χ0) is 20.1. The van der Waals surface area contributed by atoms with E-state index in [1.165, 1.54) is 16.0 Å². The third kappa shape index (κ3) is 5.61. The summed E-state index contributed by atoms with van der Waals surface area (Å²) in [5.41, 5.74) is 2.69. The van der Waals surface area contributed by atoms with E-state index in [2.05, 4.69) is 47.4 Å². The average Bonchev–Trinajstić information content (AvgIpc) is 2.75. The molecule has 4 heteroatoms. The minimum Gasteiger partial charge on any atom is -0.342 e. The third-order valence-electron chi connectivity index (χ3n) is 6.60. The smallest absolute Gasteiger partial charge is 0.231 e. The molecule has 0 radical (unpaired) electrons. The normalized spacial score (nSPS) is 23.1. The fourth-order valence-corrected chi connectivity index (χ4v) is 5.23. The van der Waals surface area contributed by atoms with E-state index < -0.39 is 0 Å². The first-order valence-corrected chi connectivity index (χ1v) is 11.5. The Morgan fingerprint density at radius 3 is 2.52 bits per heavy atom. The van der Waals surface area contributed by atoms with Gasteiger partial charge < -0.3 is 9.80 Å². The summed E-state index contributed by atoms with van der Waals surface area (Å²) < 4.78 is 0. The number of carbonyl (C=O) groups is 1. The highest BCUT2D eigenvalue weighted by molar-refractivity contribution is 6.30. The molecule has 1 unspecified atom stereocenters. The van der Waals surface area contributed by atoms with Gasteiger partial charge in [-0.05, 0) is 55.7 Å². The minimum absolute atomic E-state index is 0.184. The fourth-order valence-electron chi connectivity index (χ4n) is 5.02. The second-order valence-electron chi connectivity index (χ2n) is 8.81. The quantitative estimate of drug-likeness (QED) is 0.798. The molecule has 1 N–H and O–H groups in total. The van der Waals surface area contributed by atoms with Crippen LogP contribution >= 0.6 is 11.6 Å². The third-order valence-corrected chi connectivity index (χ3v) is 6.84. The van der Waals surface area contributed by atoms with Crippen molar-refractivity contribution >= 4 is 17.5 Å². The van der Waals surface area contributed by atoms with Gasteiger partial charge in [-0.3, -0.25) is 4.79 Å². The van der Waals surface area contributed by atoms with Crippen LogP contribution in [0.3, 0.4) is 0 Å². The van der Waals surface area contributed by atoms with Crippen LogP contribution in [0.2, 0.25) is 5.02 Å². The number of hydrogen-bond acceptors (Lipinski definition) is 1. The number of amides is 1. The van der Waals surface area contributed by atoms with Crippen LogP contribution in [-0.4, -0.2) is 37.0 Å². The molecule has 4 rings (SSSR count). The van der Waals surface area contributed by atoms with Crippen LogP contribution < -0.4 is 4.90 Å². The van der Waals surface area contributed by atoms with Crippen molar-refractivity contribution in [3.63, 3.8) is 0 Å². The molecule has 2 heterocycles. The predicted molar refractivity (Wildman–Crippen MR) is 118 cm³/mol. The van der Waals surface area contributed by atoms with Gasteiger partial charge in [0.1, 0.15) is 6.54 Å². The van der Waals surface area contributed by atoms with Gasteiger partial charge in [0.2, 0.25) is 5.91 Å². The Kier molecular flexibility index (Phi) is 6.89. The van der Waals surface area contributed by atoms with Gasteiger partial charge in [0.25, 0.3) is 0 Å². The zero-order valence-electron chi connectivity index (χ0n) is 17.2. The van der Waals surface area contributed by atoms with Crippen LogP contribution in [0.1, 0.15) is 36.8 Å². The summed E-state index contributed by atoms with van der Waals surface area (Å²) in [4.78, 5) is 16.8. The van der Waals surface area contributed by atoms with Crippen molar-refractivity contribution in [3.05, 3.63) is 70.7 Å². The maximum Gasteiger partial charge on any atom is 0.231 e. The number of quaternary nitrogens is 1. The molecule has 0 aliphatic carbocycles. The molecule has 2 aromatic carbocycles. The molecule has 2 saturated heterocycles. The number of likely N-dealkylation sites (tertiary alicyclic amines) is 2. The van der Waals surface area contributed by atoms with Gasteiger partial charge in [0, 0.05) is 23.7 Å². The Balaban J connectivity index is 1.27. The Morgan fingerprint density at radius 2 is 1.76 bits per heavy atom. The molecule has 3 nitrogen and oxygen atoms in total. The van der Waals surface area contributed by atoms with Crippen LogP contribution in [-0.2, 0) is 17.8 Å². The number of benzene rings is 2. The van der Waals surface area contributed by atoms with Crippen molar-refractivity contribution in [3.8, 4) is 0 Å². The maximum absolute atomic E-state index is 13.2. The highest BCUT2D eigenvalue weighted by atomic mass is 35.5.